The average molecular weight is 441 g/mol. The van der Waals surface area contributed by atoms with E-state index in [1.807, 2.05) is 23.6 Å². The third-order valence-electron chi connectivity index (χ3n) is 3.45. The van der Waals surface area contributed by atoms with E-state index in [2.05, 4.69) is 31.4 Å². The minimum atomic E-state index is 0.0157. The fraction of sp³-hybridized carbons (Fsp3) is 0.235. The summed E-state index contributed by atoms with van der Waals surface area (Å²) in [7, 11) is 0. The van der Waals surface area contributed by atoms with E-state index in [9.17, 15) is 4.79 Å². The van der Waals surface area contributed by atoms with E-state index in [1.54, 1.807) is 23.5 Å². The van der Waals surface area contributed by atoms with Crippen LogP contribution in [0.25, 0.3) is 11.4 Å². The zero-order valence-electron chi connectivity index (χ0n) is 13.2. The molecule has 0 saturated carbocycles. The molecule has 0 bridgehead atoms. The summed E-state index contributed by atoms with van der Waals surface area (Å²) in [4.78, 5) is 17.3. The minimum absolute atomic E-state index is 0.0157. The van der Waals surface area contributed by atoms with Gasteiger partial charge in [-0.3, -0.25) is 4.79 Å². The summed E-state index contributed by atoms with van der Waals surface area (Å²) in [5, 5.41) is 9.52. The number of aryl methyl sites for hydroxylation is 1. The second kappa shape index (κ2) is 8.60. The van der Waals surface area contributed by atoms with Crippen LogP contribution in [-0.4, -0.2) is 16.0 Å². The van der Waals surface area contributed by atoms with Crippen LogP contribution >= 0.6 is 38.9 Å². The van der Waals surface area contributed by atoms with Crippen molar-refractivity contribution in [2.24, 2.45) is 0 Å². The van der Waals surface area contributed by atoms with Gasteiger partial charge in [0.05, 0.1) is 6.54 Å². The van der Waals surface area contributed by atoms with Crippen LogP contribution in [0, 0.1) is 0 Å². The van der Waals surface area contributed by atoms with Gasteiger partial charge in [-0.05, 0) is 52.7 Å². The van der Waals surface area contributed by atoms with Crippen LogP contribution < -0.4 is 5.32 Å². The maximum atomic E-state index is 11.9. The molecule has 0 aliphatic carbocycles. The molecular formula is C17H15BrClN3O2S. The van der Waals surface area contributed by atoms with E-state index in [0.717, 1.165) is 14.9 Å². The highest BCUT2D eigenvalue weighted by molar-refractivity contribution is 9.10. The zero-order valence-corrected chi connectivity index (χ0v) is 16.3. The number of hydrogen-bond donors (Lipinski definition) is 1. The number of rotatable bonds is 7. The van der Waals surface area contributed by atoms with Crippen molar-refractivity contribution in [2.45, 2.75) is 25.8 Å². The van der Waals surface area contributed by atoms with Crippen molar-refractivity contribution in [2.75, 3.05) is 0 Å². The van der Waals surface area contributed by atoms with Crippen molar-refractivity contribution < 1.29 is 9.32 Å². The summed E-state index contributed by atoms with van der Waals surface area (Å²) in [5.74, 6) is 1.07. The Morgan fingerprint density at radius 1 is 1.32 bits per heavy atom. The first-order chi connectivity index (χ1) is 12.1. The summed E-state index contributed by atoms with van der Waals surface area (Å²) in [6.07, 6.45) is 1.64. The third-order valence-corrected chi connectivity index (χ3v) is 5.40. The first-order valence-electron chi connectivity index (χ1n) is 7.68. The Bertz CT molecular complexity index is 848. The monoisotopic (exact) mass is 439 g/mol. The van der Waals surface area contributed by atoms with Crippen LogP contribution in [0.5, 0.6) is 0 Å². The number of carbonyl (C=O) groups excluding carboxylic acids is 1. The number of benzene rings is 1. The smallest absolute Gasteiger partial charge is 0.226 e. The van der Waals surface area contributed by atoms with E-state index < -0.39 is 0 Å². The molecule has 3 aromatic rings. The van der Waals surface area contributed by atoms with Crippen molar-refractivity contribution in [3.63, 3.8) is 0 Å². The van der Waals surface area contributed by atoms with Crippen molar-refractivity contribution in [1.29, 1.82) is 0 Å². The van der Waals surface area contributed by atoms with E-state index >= 15 is 0 Å². The Hall–Kier alpha value is -1.70. The standard InChI is InChI=1S/C17H15BrClN3O2S/c18-12-8-14(25-10-12)9-20-15(23)2-1-3-16-21-17(22-24-16)11-4-6-13(19)7-5-11/h4-8,10H,1-3,9H2,(H,20,23). The van der Waals surface area contributed by atoms with Crippen LogP contribution in [0.4, 0.5) is 0 Å². The molecule has 1 N–H and O–H groups in total. The maximum absolute atomic E-state index is 11.9. The van der Waals surface area contributed by atoms with Gasteiger partial charge in [0.2, 0.25) is 17.6 Å². The number of halogens is 2. The molecule has 0 atom stereocenters. The Morgan fingerprint density at radius 2 is 2.12 bits per heavy atom. The zero-order chi connectivity index (χ0) is 17.6. The van der Waals surface area contributed by atoms with Gasteiger partial charge in [0.25, 0.3) is 0 Å². The Balaban J connectivity index is 1.43. The van der Waals surface area contributed by atoms with Gasteiger partial charge >= 0.3 is 0 Å². The number of nitrogens with one attached hydrogen (secondary N) is 1. The Kier molecular flexibility index (Phi) is 6.23. The number of thiophene rings is 1. The lowest BCUT2D eigenvalue weighted by Crippen LogP contribution is -2.21. The molecule has 0 fully saturated rings. The van der Waals surface area contributed by atoms with E-state index in [1.165, 1.54) is 0 Å². The van der Waals surface area contributed by atoms with Crippen LogP contribution in [-0.2, 0) is 17.8 Å². The van der Waals surface area contributed by atoms with Crippen LogP contribution in [0.15, 0.2) is 44.7 Å². The molecule has 0 spiro atoms. The van der Waals surface area contributed by atoms with E-state index in [-0.39, 0.29) is 5.91 Å². The molecule has 1 amide bonds. The molecule has 2 aromatic heterocycles. The fourth-order valence-electron chi connectivity index (χ4n) is 2.19. The molecule has 2 heterocycles. The highest BCUT2D eigenvalue weighted by atomic mass is 79.9. The molecule has 0 unspecified atom stereocenters. The van der Waals surface area contributed by atoms with Crippen molar-refractivity contribution in [3.05, 3.63) is 56.0 Å². The maximum Gasteiger partial charge on any atom is 0.226 e. The van der Waals surface area contributed by atoms with Gasteiger partial charge in [-0.25, -0.2) is 0 Å². The summed E-state index contributed by atoms with van der Waals surface area (Å²) in [6.45, 7) is 0.552. The first-order valence-corrected chi connectivity index (χ1v) is 9.73. The number of nitrogens with zero attached hydrogens (tertiary/aromatic N) is 2. The van der Waals surface area contributed by atoms with Gasteiger partial charge in [-0.15, -0.1) is 11.3 Å². The molecule has 25 heavy (non-hydrogen) atoms. The highest BCUT2D eigenvalue weighted by Crippen LogP contribution is 2.20. The number of amides is 1. The summed E-state index contributed by atoms with van der Waals surface area (Å²) < 4.78 is 6.27. The second-order valence-corrected chi connectivity index (χ2v) is 7.73. The van der Waals surface area contributed by atoms with Crippen LogP contribution in [0.3, 0.4) is 0 Å². The second-order valence-electron chi connectivity index (χ2n) is 5.38. The molecule has 0 aliphatic heterocycles. The molecule has 5 nitrogen and oxygen atoms in total. The SMILES string of the molecule is O=C(CCCc1nc(-c2ccc(Cl)cc2)no1)NCc1cc(Br)cs1. The van der Waals surface area contributed by atoms with Crippen LogP contribution in [0.1, 0.15) is 23.6 Å². The molecule has 8 heteroatoms. The molecule has 0 saturated heterocycles. The highest BCUT2D eigenvalue weighted by Gasteiger charge is 2.10. The van der Waals surface area contributed by atoms with E-state index in [0.29, 0.717) is 42.5 Å². The topological polar surface area (TPSA) is 68.0 Å². The van der Waals surface area contributed by atoms with Gasteiger partial charge in [0, 0.05) is 38.2 Å². The van der Waals surface area contributed by atoms with Crippen molar-refractivity contribution >= 4 is 44.8 Å². The van der Waals surface area contributed by atoms with Gasteiger partial charge in [0.1, 0.15) is 0 Å². The average Bonchev–Trinajstić information content (AvgIpc) is 3.23. The quantitative estimate of drug-likeness (QED) is 0.570. The fourth-order valence-corrected chi connectivity index (χ4v) is 3.71. The summed E-state index contributed by atoms with van der Waals surface area (Å²) in [6, 6.07) is 9.25. The first kappa shape index (κ1) is 18.1. The van der Waals surface area contributed by atoms with Gasteiger partial charge in [-0.1, -0.05) is 16.8 Å². The molecule has 0 radical (unpaired) electrons. The lowest BCUT2D eigenvalue weighted by molar-refractivity contribution is -0.121. The van der Waals surface area contributed by atoms with Crippen molar-refractivity contribution in [3.8, 4) is 11.4 Å². The van der Waals surface area contributed by atoms with Gasteiger partial charge in [0.15, 0.2) is 0 Å². The van der Waals surface area contributed by atoms with Crippen LogP contribution in [0.2, 0.25) is 5.02 Å². The third kappa shape index (κ3) is 5.39. The van der Waals surface area contributed by atoms with E-state index in [4.69, 9.17) is 16.1 Å². The molecule has 130 valence electrons. The lowest BCUT2D eigenvalue weighted by Gasteiger charge is -2.02. The lowest BCUT2D eigenvalue weighted by atomic mass is 10.2. The predicted octanol–water partition coefficient (Wildman–Crippen LogP) is 4.85. The largest absolute Gasteiger partial charge is 0.351 e. The number of carbonyl (C=O) groups is 1. The Morgan fingerprint density at radius 3 is 2.84 bits per heavy atom. The molecule has 3 rings (SSSR count). The number of hydrogen-bond acceptors (Lipinski definition) is 5. The molecule has 1 aromatic carbocycles. The minimum Gasteiger partial charge on any atom is -0.351 e. The molecule has 0 aliphatic rings. The number of aromatic nitrogens is 2. The van der Waals surface area contributed by atoms with Crippen molar-refractivity contribution in [1.82, 2.24) is 15.5 Å². The van der Waals surface area contributed by atoms with Gasteiger partial charge < -0.3 is 9.84 Å². The normalized spacial score (nSPS) is 10.8. The Labute approximate surface area is 162 Å². The molecular weight excluding hydrogens is 426 g/mol. The van der Waals surface area contributed by atoms with Gasteiger partial charge in [-0.2, -0.15) is 4.98 Å². The predicted molar refractivity (Wildman–Crippen MR) is 102 cm³/mol. The summed E-state index contributed by atoms with van der Waals surface area (Å²) in [5.41, 5.74) is 0.847. The summed E-state index contributed by atoms with van der Waals surface area (Å²) >= 11 is 10.9.